The first-order chi connectivity index (χ1) is 7.45. The van der Waals surface area contributed by atoms with E-state index in [2.05, 4.69) is 10.2 Å². The molecule has 0 aliphatic rings. The van der Waals surface area contributed by atoms with Crippen LogP contribution in [0.3, 0.4) is 0 Å². The van der Waals surface area contributed by atoms with Gasteiger partial charge in [-0.3, -0.25) is 0 Å². The van der Waals surface area contributed by atoms with Gasteiger partial charge in [0.05, 0.1) is 0 Å². The van der Waals surface area contributed by atoms with E-state index in [-0.39, 0.29) is 22.7 Å². The summed E-state index contributed by atoms with van der Waals surface area (Å²) in [6, 6.07) is 0. The van der Waals surface area contributed by atoms with Crippen LogP contribution in [0.1, 0.15) is 0 Å². The van der Waals surface area contributed by atoms with E-state index < -0.39 is 0 Å². The zero-order valence-electron chi connectivity index (χ0n) is 8.15. The lowest BCUT2D eigenvalue weighted by atomic mass is 10.4. The first kappa shape index (κ1) is 9.63. The number of anilines is 2. The first-order valence-electron chi connectivity index (χ1n) is 4.05. The number of fused-ring (bicyclic) bond motifs is 1. The molecule has 16 heavy (non-hydrogen) atoms. The van der Waals surface area contributed by atoms with Gasteiger partial charge in [0.15, 0.2) is 11.3 Å². The van der Waals surface area contributed by atoms with Crippen molar-refractivity contribution in [2.24, 2.45) is 0 Å². The minimum Gasteiger partial charge on any atom is -0.394 e. The van der Waals surface area contributed by atoms with Crippen molar-refractivity contribution in [3.8, 4) is 0 Å². The third-order valence-corrected chi connectivity index (χ3v) is 2.09. The summed E-state index contributed by atoms with van der Waals surface area (Å²) in [6.07, 6.45) is 0. The maximum Gasteiger partial charge on any atom is 0.224 e. The SMILES string of the molecule is Nc1nnc2c(c1N)n(N)n(N)n(N)n2N. The summed E-state index contributed by atoms with van der Waals surface area (Å²) in [5.74, 6) is 22.3. The normalized spacial score (nSPS) is 10.8. The lowest BCUT2D eigenvalue weighted by molar-refractivity contribution is 0.397. The van der Waals surface area contributed by atoms with E-state index in [4.69, 9.17) is 34.8 Å². The van der Waals surface area contributed by atoms with Gasteiger partial charge in [-0.25, -0.2) is 0 Å². The number of nitrogens with two attached hydrogens (primary N) is 6. The minimum atomic E-state index is 0.0153. The Bertz CT molecular complexity index is 588. The molecule has 2 rings (SSSR count). The minimum absolute atomic E-state index is 0.0153. The number of nitrogens with zero attached hydrogens (tertiary/aromatic N) is 6. The summed E-state index contributed by atoms with van der Waals surface area (Å²) >= 11 is 0. The van der Waals surface area contributed by atoms with Crippen LogP contribution in [0, 0.1) is 0 Å². The standard InChI is InChI=1S/C4H12N12/c5-1-2-4(12-11-3(1)6)14(8)16(10)15(9)13(2)7/h7-10H2,(H2,5,12)(H2,6,11). The average molecular weight is 228 g/mol. The topological polar surface area (TPSA) is 202 Å². The highest BCUT2D eigenvalue weighted by Crippen LogP contribution is 2.19. The molecule has 0 bridgehead atoms. The van der Waals surface area contributed by atoms with Gasteiger partial charge in [0.1, 0.15) is 5.69 Å². The highest BCUT2D eigenvalue weighted by molar-refractivity contribution is 5.88. The second-order valence-electron chi connectivity index (χ2n) is 3.00. The van der Waals surface area contributed by atoms with Gasteiger partial charge in [0, 0.05) is 0 Å². The summed E-state index contributed by atoms with van der Waals surface area (Å²) in [4.78, 5) is 3.49. The Kier molecular flexibility index (Phi) is 1.68. The van der Waals surface area contributed by atoms with E-state index >= 15 is 0 Å². The fourth-order valence-corrected chi connectivity index (χ4v) is 1.22. The molecule has 12 nitrogen and oxygen atoms in total. The average Bonchev–Trinajstić information content (AvgIpc) is 2.27. The van der Waals surface area contributed by atoms with Gasteiger partial charge in [-0.15, -0.1) is 15.0 Å². The summed E-state index contributed by atoms with van der Waals surface area (Å²) in [7, 11) is 0. The van der Waals surface area contributed by atoms with Crippen molar-refractivity contribution in [2.75, 3.05) is 34.8 Å². The second kappa shape index (κ2) is 2.78. The molecule has 12 N–H and O–H groups in total. The quantitative estimate of drug-likeness (QED) is 0.244. The Balaban J connectivity index is 3.09. The predicted molar refractivity (Wildman–Crippen MR) is 58.6 cm³/mol. The van der Waals surface area contributed by atoms with Gasteiger partial charge >= 0.3 is 0 Å². The Morgan fingerprint density at radius 1 is 0.812 bits per heavy atom. The molecule has 0 amide bonds. The van der Waals surface area contributed by atoms with Crippen molar-refractivity contribution < 1.29 is 0 Å². The molecule has 0 spiro atoms. The van der Waals surface area contributed by atoms with E-state index in [1.165, 1.54) is 0 Å². The van der Waals surface area contributed by atoms with Crippen LogP contribution in [0.25, 0.3) is 11.2 Å². The van der Waals surface area contributed by atoms with Crippen LogP contribution >= 0.6 is 0 Å². The van der Waals surface area contributed by atoms with Crippen molar-refractivity contribution in [1.29, 1.82) is 0 Å². The van der Waals surface area contributed by atoms with Crippen molar-refractivity contribution in [2.45, 2.75) is 0 Å². The monoisotopic (exact) mass is 228 g/mol. The fraction of sp³-hybridized carbons (Fsp3) is 0. The van der Waals surface area contributed by atoms with E-state index in [1.54, 1.807) is 0 Å². The van der Waals surface area contributed by atoms with Gasteiger partial charge in [-0.1, -0.05) is 9.81 Å². The van der Waals surface area contributed by atoms with E-state index in [0.29, 0.717) is 0 Å². The summed E-state index contributed by atoms with van der Waals surface area (Å²) in [5.41, 5.74) is 11.6. The highest BCUT2D eigenvalue weighted by atomic mass is 15.9. The van der Waals surface area contributed by atoms with Crippen LogP contribution in [0.15, 0.2) is 0 Å². The zero-order valence-corrected chi connectivity index (χ0v) is 8.15. The molecule has 0 aliphatic carbocycles. The second-order valence-corrected chi connectivity index (χ2v) is 3.00. The Morgan fingerprint density at radius 3 is 2.00 bits per heavy atom. The van der Waals surface area contributed by atoms with Crippen molar-refractivity contribution in [1.82, 2.24) is 29.6 Å². The summed E-state index contributed by atoms with van der Waals surface area (Å²) in [5, 5.41) is 7.31. The Labute approximate surface area is 88.1 Å². The van der Waals surface area contributed by atoms with Gasteiger partial charge in [0.2, 0.25) is 5.65 Å². The van der Waals surface area contributed by atoms with E-state index in [9.17, 15) is 0 Å². The molecule has 0 aliphatic heterocycles. The van der Waals surface area contributed by atoms with Gasteiger partial charge in [-0.05, 0) is 0 Å². The van der Waals surface area contributed by atoms with Crippen LogP contribution in [-0.4, -0.2) is 29.6 Å². The maximum atomic E-state index is 5.69. The van der Waals surface area contributed by atoms with Crippen molar-refractivity contribution in [3.63, 3.8) is 0 Å². The fourth-order valence-electron chi connectivity index (χ4n) is 1.22. The smallest absolute Gasteiger partial charge is 0.224 e. The number of hydrogen-bond donors (Lipinski definition) is 6. The number of hydrogen-bond acceptors (Lipinski definition) is 8. The van der Waals surface area contributed by atoms with E-state index in [1.807, 2.05) is 0 Å². The zero-order chi connectivity index (χ0) is 12.0. The number of rotatable bonds is 0. The van der Waals surface area contributed by atoms with Gasteiger partial charge in [-0.2, -0.15) is 4.79 Å². The third-order valence-electron chi connectivity index (χ3n) is 2.09. The molecular weight excluding hydrogens is 216 g/mol. The molecule has 0 fully saturated rings. The van der Waals surface area contributed by atoms with Gasteiger partial charge < -0.3 is 34.8 Å². The molecule has 2 aromatic rings. The molecule has 2 heterocycles. The molecule has 0 atom stereocenters. The van der Waals surface area contributed by atoms with E-state index in [0.717, 1.165) is 19.4 Å². The largest absolute Gasteiger partial charge is 0.394 e. The molecule has 0 saturated heterocycles. The molecule has 2 aromatic heterocycles. The number of aromatic nitrogens is 6. The van der Waals surface area contributed by atoms with Crippen LogP contribution in [0.4, 0.5) is 11.5 Å². The van der Waals surface area contributed by atoms with Crippen molar-refractivity contribution in [3.05, 3.63) is 0 Å². The van der Waals surface area contributed by atoms with Crippen molar-refractivity contribution >= 4 is 22.7 Å². The molecule has 0 aromatic carbocycles. The maximum absolute atomic E-state index is 5.69. The van der Waals surface area contributed by atoms with Crippen LogP contribution in [-0.2, 0) is 0 Å². The highest BCUT2D eigenvalue weighted by Gasteiger charge is 2.14. The molecule has 0 unspecified atom stereocenters. The van der Waals surface area contributed by atoms with Gasteiger partial charge in [0.25, 0.3) is 0 Å². The lowest BCUT2D eigenvalue weighted by Gasteiger charge is -2.19. The Morgan fingerprint density at radius 2 is 1.38 bits per heavy atom. The Hall–Kier alpha value is -2.92. The molecule has 88 valence electrons. The lowest BCUT2D eigenvalue weighted by Crippen LogP contribution is -2.47. The molecular formula is C4H12N12. The summed E-state index contributed by atoms with van der Waals surface area (Å²) < 4.78 is 0. The summed E-state index contributed by atoms with van der Waals surface area (Å²) in [6.45, 7) is 0. The van der Waals surface area contributed by atoms with Crippen LogP contribution in [0.2, 0.25) is 0 Å². The third kappa shape index (κ3) is 0.969. The van der Waals surface area contributed by atoms with Crippen LogP contribution < -0.4 is 34.8 Å². The number of nitrogen functional groups attached to an aromatic ring is 6. The molecule has 0 saturated carbocycles. The van der Waals surface area contributed by atoms with Crippen LogP contribution in [0.5, 0.6) is 0 Å². The molecule has 0 radical (unpaired) electrons. The molecule has 12 heteroatoms. The first-order valence-corrected chi connectivity index (χ1v) is 4.05. The predicted octanol–water partition coefficient (Wildman–Crippen LogP) is -4.02.